The maximum Gasteiger partial charge on any atom is 0.518 e. The van der Waals surface area contributed by atoms with Crippen LogP contribution < -0.4 is 0 Å². The summed E-state index contributed by atoms with van der Waals surface area (Å²) < 4.78 is 0. The maximum absolute atomic E-state index is 8.81. The molecule has 0 unspecified atom stereocenters. The topological polar surface area (TPSA) is 43.1 Å². The SMILES string of the molecule is B[N+](=O)[O-].F.F.F.F. The van der Waals surface area contributed by atoms with Crippen LogP contribution in [0, 0.1) is 10.1 Å². The van der Waals surface area contributed by atoms with Gasteiger partial charge in [0.1, 0.15) is 0 Å². The minimum atomic E-state index is -0.500. The first kappa shape index (κ1) is 57.6. The second kappa shape index (κ2) is 34.8. The molecule has 0 rings (SSSR count). The van der Waals surface area contributed by atoms with Crippen molar-refractivity contribution in [2.24, 2.45) is 0 Å². The van der Waals surface area contributed by atoms with Gasteiger partial charge < -0.3 is 0 Å². The molecule has 0 aromatic heterocycles. The minimum absolute atomic E-state index is 0. The molecule has 0 fully saturated rings. The third-order valence-corrected chi connectivity index (χ3v) is 0. The van der Waals surface area contributed by atoms with E-state index in [1.165, 1.54) is 0 Å². The molecule has 0 aromatic rings. The van der Waals surface area contributed by atoms with E-state index in [0.717, 1.165) is 7.98 Å². The lowest BCUT2D eigenvalue weighted by Gasteiger charge is -1.64. The lowest BCUT2D eigenvalue weighted by molar-refractivity contribution is -0.312. The van der Waals surface area contributed by atoms with Crippen molar-refractivity contribution in [2.75, 3.05) is 0 Å². The van der Waals surface area contributed by atoms with Gasteiger partial charge in [-0.3, -0.25) is 28.9 Å². The zero-order valence-corrected chi connectivity index (χ0v) is 3.90. The van der Waals surface area contributed by atoms with Crippen LogP contribution in [0.1, 0.15) is 0 Å². The van der Waals surface area contributed by atoms with E-state index >= 15 is 0 Å². The summed E-state index contributed by atoms with van der Waals surface area (Å²) in [7, 11) is 0.889. The zero-order chi connectivity index (χ0) is 3.58. The smallest absolute Gasteiger partial charge is 0.294 e. The van der Waals surface area contributed by atoms with Crippen molar-refractivity contribution < 1.29 is 23.7 Å². The summed E-state index contributed by atoms with van der Waals surface area (Å²) in [5.74, 6) is 0. The fraction of sp³-hybridized carbons (Fsp3) is 0. The Bertz CT molecular complexity index is 37.0. The first-order chi connectivity index (χ1) is 1.73. The highest BCUT2D eigenvalue weighted by Crippen LogP contribution is 1.36. The Morgan fingerprint density at radius 1 is 1.12 bits per heavy atom. The van der Waals surface area contributed by atoms with E-state index in [1.54, 1.807) is 0 Å². The van der Waals surface area contributed by atoms with Crippen molar-refractivity contribution in [3.05, 3.63) is 10.1 Å². The van der Waals surface area contributed by atoms with Crippen LogP contribution in [0.5, 0.6) is 0 Å². The Labute approximate surface area is 43.1 Å². The van der Waals surface area contributed by atoms with Crippen molar-refractivity contribution in [3.8, 4) is 0 Å². The van der Waals surface area contributed by atoms with Crippen molar-refractivity contribution in [2.45, 2.75) is 0 Å². The van der Waals surface area contributed by atoms with Gasteiger partial charge >= 0.3 is 7.98 Å². The van der Waals surface area contributed by atoms with Crippen molar-refractivity contribution >= 4 is 7.98 Å². The molecule has 0 N–H and O–H groups in total. The molecule has 0 spiro atoms. The van der Waals surface area contributed by atoms with E-state index in [2.05, 4.69) is 0 Å². The molecule has 54 valence electrons. The van der Waals surface area contributed by atoms with Crippen LogP contribution in [0.25, 0.3) is 0 Å². The summed E-state index contributed by atoms with van der Waals surface area (Å²) in [4.78, 5) is 8.31. The molecule has 0 aliphatic rings. The Balaban J connectivity index is -0.00000000750. The van der Waals surface area contributed by atoms with E-state index in [0.29, 0.717) is 0 Å². The van der Waals surface area contributed by atoms with E-state index in [9.17, 15) is 0 Å². The monoisotopic (exact) mass is 139 g/mol. The van der Waals surface area contributed by atoms with Gasteiger partial charge in [0.25, 0.3) is 0 Å². The molecule has 0 radical (unpaired) electrons. The molecular formula is H6BF4NO2. The third-order valence-electron chi connectivity index (χ3n) is 0. The first-order valence-corrected chi connectivity index (χ1v) is 0.812. The van der Waals surface area contributed by atoms with Crippen LogP contribution in [0.2, 0.25) is 0 Å². The second-order valence-corrected chi connectivity index (χ2v) is 0.440. The van der Waals surface area contributed by atoms with Gasteiger partial charge in [0.05, 0.1) is 0 Å². The maximum atomic E-state index is 8.81. The van der Waals surface area contributed by atoms with Crippen LogP contribution >= 0.6 is 0 Å². The minimum Gasteiger partial charge on any atom is -0.294 e. The predicted octanol–water partition coefficient (Wildman–Crippen LogP) is -0.579. The van der Waals surface area contributed by atoms with Crippen LogP contribution in [0.4, 0.5) is 18.8 Å². The molecule has 0 bridgehead atoms. The van der Waals surface area contributed by atoms with Crippen molar-refractivity contribution in [3.63, 3.8) is 0 Å². The highest BCUT2D eigenvalue weighted by atomic mass is 19.0. The summed E-state index contributed by atoms with van der Waals surface area (Å²) >= 11 is 0. The van der Waals surface area contributed by atoms with Crippen LogP contribution in [0.3, 0.4) is 0 Å². The standard InChI is InChI=1S/BH2NO2.4FH/c1-2(3)4;;;;/h1H2;4*1H. The van der Waals surface area contributed by atoms with Crippen LogP contribution in [-0.4, -0.2) is 12.8 Å². The van der Waals surface area contributed by atoms with Crippen LogP contribution in [-0.2, 0) is 0 Å². The Morgan fingerprint density at radius 3 is 1.12 bits per heavy atom. The summed E-state index contributed by atoms with van der Waals surface area (Å²) in [5, 5.41) is 8.81. The van der Waals surface area contributed by atoms with Gasteiger partial charge in [0, 0.05) is 0 Å². The molecule has 0 aliphatic carbocycles. The Kier molecular flexibility index (Phi) is 251. The molecule has 0 amide bonds. The normalized spacial score (nSPS) is 3.00. The fourth-order valence-electron chi connectivity index (χ4n) is 0. The van der Waals surface area contributed by atoms with Crippen molar-refractivity contribution in [1.82, 2.24) is 0 Å². The average molecular weight is 139 g/mol. The van der Waals surface area contributed by atoms with Crippen molar-refractivity contribution in [1.29, 1.82) is 0 Å². The number of halogens is 4. The fourth-order valence-corrected chi connectivity index (χ4v) is 0. The van der Waals surface area contributed by atoms with Gasteiger partial charge in [0.15, 0.2) is 0 Å². The molecule has 0 atom stereocenters. The second-order valence-electron chi connectivity index (χ2n) is 0.440. The Hall–Kier alpha value is -0.815. The van der Waals surface area contributed by atoms with Gasteiger partial charge in [-0.15, -0.1) is 0 Å². The third kappa shape index (κ3) is 137. The number of nitrogens with zero attached hydrogens (tertiary/aromatic N) is 1. The summed E-state index contributed by atoms with van der Waals surface area (Å²) in [6.45, 7) is 0. The van der Waals surface area contributed by atoms with E-state index < -0.39 is 4.83 Å². The van der Waals surface area contributed by atoms with E-state index in [-0.39, 0.29) is 18.8 Å². The van der Waals surface area contributed by atoms with E-state index in [4.69, 9.17) is 10.1 Å². The van der Waals surface area contributed by atoms with Gasteiger partial charge in [-0.25, -0.2) is 0 Å². The number of rotatable bonds is 0. The Morgan fingerprint density at radius 2 is 1.12 bits per heavy atom. The first-order valence-electron chi connectivity index (χ1n) is 0.812. The molecule has 0 heterocycles. The van der Waals surface area contributed by atoms with Gasteiger partial charge in [-0.2, -0.15) is 0 Å². The van der Waals surface area contributed by atoms with E-state index in [1.807, 2.05) is 0 Å². The van der Waals surface area contributed by atoms with Gasteiger partial charge in [0.2, 0.25) is 0 Å². The number of hydrogen-bond acceptors (Lipinski definition) is 2. The number of hydrogen-bond donors (Lipinski definition) is 0. The largest absolute Gasteiger partial charge is 0.518 e. The summed E-state index contributed by atoms with van der Waals surface area (Å²) in [6, 6.07) is 0. The predicted molar refractivity (Wildman–Crippen MR) is 25.6 cm³/mol. The molecule has 0 saturated carbocycles. The molecule has 8 heteroatoms. The lowest BCUT2D eigenvalue weighted by atomic mass is 10.5. The van der Waals surface area contributed by atoms with Crippen LogP contribution in [0.15, 0.2) is 0 Å². The van der Waals surface area contributed by atoms with Gasteiger partial charge in [-0.05, 0) is 0 Å². The number of nitro groups is 1. The highest BCUT2D eigenvalue weighted by Gasteiger charge is 1.62. The summed E-state index contributed by atoms with van der Waals surface area (Å²) in [5.41, 5.74) is 0. The quantitative estimate of drug-likeness (QED) is 0.195. The highest BCUT2D eigenvalue weighted by molar-refractivity contribution is 5.95. The summed E-state index contributed by atoms with van der Waals surface area (Å²) in [6.07, 6.45) is 0. The molecule has 8 heavy (non-hydrogen) atoms. The zero-order valence-electron chi connectivity index (χ0n) is 3.90. The molecule has 0 aliphatic heterocycles. The molecule has 0 saturated heterocycles. The molecular weight excluding hydrogens is 133 g/mol. The average Bonchev–Trinajstić information content (AvgIpc) is 0.811. The van der Waals surface area contributed by atoms with Gasteiger partial charge in [-0.1, -0.05) is 4.83 Å². The lowest BCUT2D eigenvalue weighted by Crippen LogP contribution is -1.83. The molecule has 3 nitrogen and oxygen atoms in total. The molecule has 0 aromatic carbocycles.